The van der Waals surface area contributed by atoms with Gasteiger partial charge in [-0.05, 0) is 18.6 Å². The number of hydrogen-bond donors (Lipinski definition) is 0. The van der Waals surface area contributed by atoms with Crippen LogP contribution in [0.2, 0.25) is 6.04 Å². The van der Waals surface area contributed by atoms with Gasteiger partial charge in [0.15, 0.2) is 0 Å². The average molecular weight is 286 g/mol. The minimum Gasteiger partial charge on any atom is -0.494 e. The molecule has 0 radical (unpaired) electrons. The lowest BCUT2D eigenvalue weighted by Gasteiger charge is -2.25. The molecule has 0 atom stereocenters. The molecule has 5 nitrogen and oxygen atoms in total. The Hall–Kier alpha value is -0.923. The molecule has 0 amide bonds. The van der Waals surface area contributed by atoms with Crippen LogP contribution >= 0.6 is 0 Å². The first-order valence-corrected chi connectivity index (χ1v) is 8.10. The molecule has 0 unspecified atom stereocenters. The first-order chi connectivity index (χ1) is 9.26. The quantitative estimate of drug-likeness (QED) is 0.375. The number of methoxy groups -OCH3 is 1. The topological polar surface area (TPSA) is 46.2 Å². The van der Waals surface area contributed by atoms with Crippen molar-refractivity contribution >= 4 is 8.80 Å². The lowest BCUT2D eigenvalue weighted by atomic mass is 10.3. The third-order valence-corrected chi connectivity index (χ3v) is 5.43. The van der Waals surface area contributed by atoms with Crippen LogP contribution in [0, 0.1) is 0 Å². The summed E-state index contributed by atoms with van der Waals surface area (Å²) in [5.41, 5.74) is 0. The Morgan fingerprint density at radius 2 is 1.68 bits per heavy atom. The Morgan fingerprint density at radius 1 is 1.00 bits per heavy atom. The van der Waals surface area contributed by atoms with E-state index in [-0.39, 0.29) is 6.79 Å². The molecular weight excluding hydrogens is 264 g/mol. The van der Waals surface area contributed by atoms with E-state index in [1.807, 2.05) is 30.3 Å². The summed E-state index contributed by atoms with van der Waals surface area (Å²) in [6.45, 7) is 0.773. The van der Waals surface area contributed by atoms with E-state index in [2.05, 4.69) is 0 Å². The van der Waals surface area contributed by atoms with Gasteiger partial charge in [-0.3, -0.25) is 0 Å². The van der Waals surface area contributed by atoms with Crippen LogP contribution in [-0.4, -0.2) is 43.5 Å². The van der Waals surface area contributed by atoms with Crippen LogP contribution in [0.25, 0.3) is 0 Å². The summed E-state index contributed by atoms with van der Waals surface area (Å²) in [4.78, 5) is 0. The maximum Gasteiger partial charge on any atom is 0.502 e. The maximum atomic E-state index is 5.62. The predicted molar refractivity (Wildman–Crippen MR) is 74.1 cm³/mol. The van der Waals surface area contributed by atoms with E-state index in [9.17, 15) is 0 Å². The van der Waals surface area contributed by atoms with Crippen LogP contribution in [0.15, 0.2) is 30.3 Å². The summed E-state index contributed by atoms with van der Waals surface area (Å²) in [5, 5.41) is 0. The number of rotatable bonds is 10. The Morgan fingerprint density at radius 3 is 2.26 bits per heavy atom. The lowest BCUT2D eigenvalue weighted by molar-refractivity contribution is -0.0112. The highest BCUT2D eigenvalue weighted by atomic mass is 28.4. The number of benzene rings is 1. The standard InChI is InChI=1S/C13H22O5Si/c1-14-12-18-19(15-2,16-3)11-7-10-17-13-8-5-4-6-9-13/h4-6,8-9H,7,10-12H2,1-3H3. The van der Waals surface area contributed by atoms with E-state index in [1.165, 1.54) is 0 Å². The van der Waals surface area contributed by atoms with Crippen molar-refractivity contribution in [3.05, 3.63) is 30.3 Å². The smallest absolute Gasteiger partial charge is 0.494 e. The predicted octanol–water partition coefficient (Wildman–Crippen LogP) is 2.31. The average Bonchev–Trinajstić information content (AvgIpc) is 2.48. The monoisotopic (exact) mass is 286 g/mol. The normalized spacial score (nSPS) is 11.5. The van der Waals surface area contributed by atoms with Crippen molar-refractivity contribution in [1.29, 1.82) is 0 Å². The molecule has 0 aliphatic heterocycles. The fraction of sp³-hybridized carbons (Fsp3) is 0.538. The summed E-state index contributed by atoms with van der Waals surface area (Å²) in [6, 6.07) is 10.4. The first-order valence-electron chi connectivity index (χ1n) is 6.17. The molecule has 0 aliphatic rings. The molecule has 0 N–H and O–H groups in total. The van der Waals surface area contributed by atoms with Crippen LogP contribution in [0.1, 0.15) is 6.42 Å². The molecule has 0 saturated carbocycles. The third kappa shape index (κ3) is 5.71. The summed E-state index contributed by atoms with van der Waals surface area (Å²) >= 11 is 0. The summed E-state index contributed by atoms with van der Waals surface area (Å²) in [5.74, 6) is 0.863. The molecule has 0 bridgehead atoms. The van der Waals surface area contributed by atoms with Gasteiger partial charge in [0.2, 0.25) is 0 Å². The highest BCUT2D eigenvalue weighted by molar-refractivity contribution is 6.60. The minimum absolute atomic E-state index is 0.174. The van der Waals surface area contributed by atoms with E-state index in [4.69, 9.17) is 22.8 Å². The van der Waals surface area contributed by atoms with Crippen molar-refractivity contribution in [2.75, 3.05) is 34.7 Å². The van der Waals surface area contributed by atoms with E-state index >= 15 is 0 Å². The number of para-hydroxylation sites is 1. The number of ether oxygens (including phenoxy) is 2. The van der Waals surface area contributed by atoms with Crippen molar-refractivity contribution in [3.8, 4) is 5.75 Å². The van der Waals surface area contributed by atoms with Gasteiger partial charge >= 0.3 is 8.80 Å². The van der Waals surface area contributed by atoms with Crippen molar-refractivity contribution in [1.82, 2.24) is 0 Å². The molecule has 0 heterocycles. The van der Waals surface area contributed by atoms with E-state index in [0.29, 0.717) is 12.7 Å². The molecule has 0 saturated heterocycles. The summed E-state index contributed by atoms with van der Waals surface area (Å²) in [6.07, 6.45) is 0.798. The second-order valence-electron chi connectivity index (χ2n) is 3.91. The van der Waals surface area contributed by atoms with Gasteiger partial charge in [-0.1, -0.05) is 18.2 Å². The molecule has 1 rings (SSSR count). The fourth-order valence-electron chi connectivity index (χ4n) is 1.62. The van der Waals surface area contributed by atoms with Gasteiger partial charge in [-0.15, -0.1) is 0 Å². The largest absolute Gasteiger partial charge is 0.502 e. The third-order valence-electron chi connectivity index (χ3n) is 2.66. The van der Waals surface area contributed by atoms with Crippen molar-refractivity contribution in [2.45, 2.75) is 12.5 Å². The highest BCUT2D eigenvalue weighted by Gasteiger charge is 2.38. The second kappa shape index (κ2) is 9.06. The van der Waals surface area contributed by atoms with Gasteiger partial charge in [-0.2, -0.15) is 0 Å². The molecule has 0 aromatic heterocycles. The van der Waals surface area contributed by atoms with Crippen molar-refractivity contribution in [2.24, 2.45) is 0 Å². The zero-order valence-corrected chi connectivity index (χ0v) is 12.8. The minimum atomic E-state index is -2.61. The molecule has 6 heteroatoms. The van der Waals surface area contributed by atoms with Gasteiger partial charge in [0, 0.05) is 27.4 Å². The zero-order valence-electron chi connectivity index (χ0n) is 11.8. The SMILES string of the molecule is COCO[Si](CCCOc1ccccc1)(OC)OC. The maximum absolute atomic E-state index is 5.62. The molecule has 0 aliphatic carbocycles. The Kier molecular flexibility index (Phi) is 7.69. The number of hydrogen-bond acceptors (Lipinski definition) is 5. The van der Waals surface area contributed by atoms with Gasteiger partial charge in [0.1, 0.15) is 12.5 Å². The molecule has 0 fully saturated rings. The fourth-order valence-corrected chi connectivity index (χ4v) is 3.45. The summed E-state index contributed by atoms with van der Waals surface area (Å²) in [7, 11) is 2.17. The molecule has 0 spiro atoms. The van der Waals surface area contributed by atoms with Crippen LogP contribution in [0.3, 0.4) is 0 Å². The van der Waals surface area contributed by atoms with Crippen LogP contribution in [0.5, 0.6) is 5.75 Å². The molecule has 1 aromatic rings. The Balaban J connectivity index is 2.32. The summed E-state index contributed by atoms with van der Waals surface area (Å²) < 4.78 is 26.9. The van der Waals surface area contributed by atoms with E-state index < -0.39 is 8.80 Å². The Labute approximate surface area is 115 Å². The van der Waals surface area contributed by atoms with E-state index in [0.717, 1.165) is 12.2 Å². The van der Waals surface area contributed by atoms with Gasteiger partial charge in [0.05, 0.1) is 6.61 Å². The van der Waals surface area contributed by atoms with Gasteiger partial charge in [-0.25, -0.2) is 0 Å². The van der Waals surface area contributed by atoms with Crippen LogP contribution in [0.4, 0.5) is 0 Å². The van der Waals surface area contributed by atoms with Gasteiger partial charge < -0.3 is 22.8 Å². The molecule has 1 aromatic carbocycles. The second-order valence-corrected chi connectivity index (χ2v) is 6.88. The highest BCUT2D eigenvalue weighted by Crippen LogP contribution is 2.17. The van der Waals surface area contributed by atoms with Crippen LogP contribution in [-0.2, 0) is 18.0 Å². The first kappa shape index (κ1) is 16.1. The lowest BCUT2D eigenvalue weighted by Crippen LogP contribution is -2.44. The Bertz CT molecular complexity index is 329. The van der Waals surface area contributed by atoms with E-state index in [1.54, 1.807) is 21.3 Å². The van der Waals surface area contributed by atoms with Gasteiger partial charge in [0.25, 0.3) is 0 Å². The zero-order chi connectivity index (χ0) is 14.0. The van der Waals surface area contributed by atoms with Crippen LogP contribution < -0.4 is 4.74 Å². The van der Waals surface area contributed by atoms with Crippen molar-refractivity contribution < 1.29 is 22.8 Å². The molecular formula is C13H22O5Si. The molecule has 108 valence electrons. The van der Waals surface area contributed by atoms with Crippen molar-refractivity contribution in [3.63, 3.8) is 0 Å². The molecule has 19 heavy (non-hydrogen) atoms.